The number of hydrogen-bond acceptors (Lipinski definition) is 8. The zero-order chi connectivity index (χ0) is 30.7. The fourth-order valence-electron chi connectivity index (χ4n) is 4.90. The van der Waals surface area contributed by atoms with Gasteiger partial charge in [0.2, 0.25) is 11.8 Å². The van der Waals surface area contributed by atoms with Crippen molar-refractivity contribution in [3.05, 3.63) is 105 Å². The first-order valence-electron chi connectivity index (χ1n) is 13.9. The van der Waals surface area contributed by atoms with Gasteiger partial charge in [0.05, 0.1) is 4.88 Å². The molecule has 0 saturated carbocycles. The van der Waals surface area contributed by atoms with E-state index in [4.69, 9.17) is 4.42 Å². The number of benzene rings is 2. The minimum absolute atomic E-state index is 0.0919. The molecular weight excluding hydrogens is 569 g/mol. The molecule has 2 aromatic heterocycles. The highest BCUT2D eigenvalue weighted by Crippen LogP contribution is 2.37. The molecular formula is C32H34FN5O4S. The molecule has 1 aliphatic rings. The lowest BCUT2D eigenvalue weighted by Gasteiger charge is -2.26. The van der Waals surface area contributed by atoms with Gasteiger partial charge in [-0.25, -0.2) is 9.37 Å². The molecule has 3 heterocycles. The van der Waals surface area contributed by atoms with E-state index in [0.717, 1.165) is 55.3 Å². The van der Waals surface area contributed by atoms with Gasteiger partial charge in [0.1, 0.15) is 0 Å². The Balaban J connectivity index is 1.26. The van der Waals surface area contributed by atoms with Crippen LogP contribution in [0.25, 0.3) is 11.5 Å². The fourth-order valence-corrected chi connectivity index (χ4v) is 5.66. The maximum absolute atomic E-state index is 15.7. The van der Waals surface area contributed by atoms with Crippen LogP contribution in [-0.2, 0) is 12.1 Å². The van der Waals surface area contributed by atoms with Crippen molar-refractivity contribution >= 4 is 28.6 Å². The Morgan fingerprint density at radius 2 is 1.86 bits per heavy atom. The van der Waals surface area contributed by atoms with E-state index in [-0.39, 0.29) is 33.7 Å². The molecule has 1 fully saturated rings. The van der Waals surface area contributed by atoms with Gasteiger partial charge in [0, 0.05) is 55.2 Å². The van der Waals surface area contributed by atoms with Crippen molar-refractivity contribution in [2.24, 2.45) is 0 Å². The summed E-state index contributed by atoms with van der Waals surface area (Å²) in [6.07, 6.45) is 1.31. The van der Waals surface area contributed by atoms with Gasteiger partial charge >= 0.3 is 4.87 Å². The number of aromatic nitrogens is 2. The number of nitrogens with zero attached hydrogens (tertiary/aromatic N) is 3. The fraction of sp³-hybridized carbons (Fsp3) is 0.281. The summed E-state index contributed by atoms with van der Waals surface area (Å²) in [6, 6.07) is 16.5. The van der Waals surface area contributed by atoms with Gasteiger partial charge < -0.3 is 24.6 Å². The monoisotopic (exact) mass is 603 g/mol. The zero-order valence-electron chi connectivity index (χ0n) is 24.2. The lowest BCUT2D eigenvalue weighted by atomic mass is 9.96. The van der Waals surface area contributed by atoms with Crippen LogP contribution in [0, 0.1) is 0 Å². The van der Waals surface area contributed by atoms with E-state index < -0.39 is 11.6 Å². The molecule has 11 heteroatoms. The van der Waals surface area contributed by atoms with E-state index in [1.165, 1.54) is 6.92 Å². The van der Waals surface area contributed by atoms with Crippen LogP contribution in [0.1, 0.15) is 41.4 Å². The predicted octanol–water partition coefficient (Wildman–Crippen LogP) is 6.08. The number of H-pyrrole nitrogens is 1. The first-order chi connectivity index (χ1) is 20.5. The second-order valence-electron chi connectivity index (χ2n) is 10.7. The van der Waals surface area contributed by atoms with Crippen LogP contribution < -0.4 is 15.1 Å². The van der Waals surface area contributed by atoms with Gasteiger partial charge in [0.15, 0.2) is 17.1 Å². The number of halogens is 1. The predicted molar refractivity (Wildman–Crippen MR) is 167 cm³/mol. The molecule has 2 aromatic carbocycles. The topological polar surface area (TPSA) is 115 Å². The Bertz CT molecular complexity index is 1690. The van der Waals surface area contributed by atoms with Crippen molar-refractivity contribution in [3.8, 4) is 17.3 Å². The third-order valence-corrected chi connectivity index (χ3v) is 8.46. The number of alkyl halides is 1. The van der Waals surface area contributed by atoms with Gasteiger partial charge in [-0.05, 0) is 62.2 Å². The Morgan fingerprint density at radius 1 is 1.14 bits per heavy atom. The van der Waals surface area contributed by atoms with Crippen molar-refractivity contribution < 1.29 is 18.7 Å². The number of carbonyl (C=O) groups excluding carboxylic acids is 1. The SMILES string of the molecule is C=C(Cc1sc(=O)[nH]c1O)N1CCCN(c2ccc(NC(=O)c3nc(-c4ccccc4)oc3C(C)(F)C(=C)C)cc2)CC1. The van der Waals surface area contributed by atoms with Crippen LogP contribution in [-0.4, -0.2) is 52.1 Å². The smallest absolute Gasteiger partial charge is 0.307 e. The minimum Gasteiger partial charge on any atom is -0.494 e. The summed E-state index contributed by atoms with van der Waals surface area (Å²) < 4.78 is 21.5. The van der Waals surface area contributed by atoms with Gasteiger partial charge in [-0.3, -0.25) is 14.6 Å². The molecule has 43 heavy (non-hydrogen) atoms. The first-order valence-corrected chi connectivity index (χ1v) is 14.8. The van der Waals surface area contributed by atoms with Crippen LogP contribution in [0.2, 0.25) is 0 Å². The maximum atomic E-state index is 15.7. The van der Waals surface area contributed by atoms with Crippen molar-refractivity contribution in [2.75, 3.05) is 36.4 Å². The lowest BCUT2D eigenvalue weighted by Crippen LogP contribution is -2.30. The third-order valence-electron chi connectivity index (χ3n) is 7.59. The van der Waals surface area contributed by atoms with Crippen molar-refractivity contribution in [3.63, 3.8) is 0 Å². The van der Waals surface area contributed by atoms with Crippen LogP contribution in [0.3, 0.4) is 0 Å². The standard InChI is InChI=1S/C32H34FN5O4S/c1-20(2)32(4,33)27-26(35-30(42-27)22-9-6-5-7-10-22)29(40)34-23-11-13-24(14-12-23)38-16-8-15-37(17-18-38)21(3)19-25-28(39)36-31(41)43-25/h5-7,9-14,39H,1,3,8,15-19H2,2,4H3,(H,34,40)(H,36,41). The van der Waals surface area contributed by atoms with Gasteiger partial charge in [-0.2, -0.15) is 0 Å². The molecule has 5 rings (SSSR count). The third kappa shape index (κ3) is 6.56. The number of aromatic amines is 1. The second-order valence-corrected chi connectivity index (χ2v) is 11.8. The molecule has 0 spiro atoms. The Kier molecular flexibility index (Phi) is 8.54. The number of aromatic hydroxyl groups is 1. The van der Waals surface area contributed by atoms with Crippen molar-refractivity contribution in [2.45, 2.75) is 32.4 Å². The molecule has 4 aromatic rings. The number of oxazole rings is 1. The summed E-state index contributed by atoms with van der Waals surface area (Å²) in [5.74, 6) is -0.712. The van der Waals surface area contributed by atoms with E-state index in [1.807, 2.05) is 30.3 Å². The molecule has 1 saturated heterocycles. The molecule has 1 amide bonds. The average molecular weight is 604 g/mol. The zero-order valence-corrected chi connectivity index (χ0v) is 25.0. The summed E-state index contributed by atoms with van der Waals surface area (Å²) in [5, 5.41) is 12.7. The molecule has 1 aliphatic heterocycles. The van der Waals surface area contributed by atoms with Crippen LogP contribution in [0.5, 0.6) is 5.88 Å². The number of anilines is 2. The highest BCUT2D eigenvalue weighted by Gasteiger charge is 2.38. The number of nitrogens with one attached hydrogen (secondary N) is 2. The Hall–Kier alpha value is -4.64. The Morgan fingerprint density at radius 3 is 2.51 bits per heavy atom. The van der Waals surface area contributed by atoms with E-state index in [0.29, 0.717) is 22.5 Å². The summed E-state index contributed by atoms with van der Waals surface area (Å²) in [4.78, 5) is 36.4. The Labute approximate surface area is 253 Å². The molecule has 1 unspecified atom stereocenters. The highest BCUT2D eigenvalue weighted by molar-refractivity contribution is 7.09. The number of amides is 1. The highest BCUT2D eigenvalue weighted by atomic mass is 32.1. The first kappa shape index (κ1) is 29.8. The summed E-state index contributed by atoms with van der Waals surface area (Å²) in [7, 11) is 0. The van der Waals surface area contributed by atoms with Crippen LogP contribution in [0.4, 0.5) is 15.8 Å². The van der Waals surface area contributed by atoms with Gasteiger partial charge in [-0.1, -0.05) is 42.7 Å². The van der Waals surface area contributed by atoms with E-state index in [9.17, 15) is 14.7 Å². The summed E-state index contributed by atoms with van der Waals surface area (Å²) >= 11 is 0.996. The summed E-state index contributed by atoms with van der Waals surface area (Å²) in [5.41, 5.74) is 0.983. The molecule has 0 radical (unpaired) electrons. The minimum atomic E-state index is -2.09. The van der Waals surface area contributed by atoms with E-state index >= 15 is 4.39 Å². The number of allylic oxidation sites excluding steroid dienone is 2. The van der Waals surface area contributed by atoms with Crippen molar-refractivity contribution in [1.29, 1.82) is 0 Å². The average Bonchev–Trinajstić information content (AvgIpc) is 3.48. The molecule has 0 aliphatic carbocycles. The number of thiazole rings is 1. The lowest BCUT2D eigenvalue weighted by molar-refractivity contribution is 0.101. The molecule has 0 bridgehead atoms. The molecule has 3 N–H and O–H groups in total. The second kappa shape index (κ2) is 12.3. The molecule has 224 valence electrons. The number of hydrogen-bond donors (Lipinski definition) is 3. The molecule has 9 nitrogen and oxygen atoms in total. The maximum Gasteiger partial charge on any atom is 0.307 e. The largest absolute Gasteiger partial charge is 0.494 e. The van der Waals surface area contributed by atoms with Gasteiger partial charge in [-0.15, -0.1) is 0 Å². The quantitative estimate of drug-likeness (QED) is 0.199. The summed E-state index contributed by atoms with van der Waals surface area (Å²) in [6.45, 7) is 13.9. The normalized spacial score (nSPS) is 15.0. The number of carbonyl (C=O) groups is 1. The van der Waals surface area contributed by atoms with Crippen LogP contribution >= 0.6 is 11.3 Å². The van der Waals surface area contributed by atoms with Crippen LogP contribution in [0.15, 0.2) is 88.2 Å². The molecule has 1 atom stereocenters. The number of rotatable bonds is 9. The van der Waals surface area contributed by atoms with E-state index in [2.05, 4.69) is 38.2 Å². The van der Waals surface area contributed by atoms with E-state index in [1.54, 1.807) is 31.2 Å². The van der Waals surface area contributed by atoms with Gasteiger partial charge in [0.25, 0.3) is 5.91 Å². The van der Waals surface area contributed by atoms with Crippen molar-refractivity contribution in [1.82, 2.24) is 14.9 Å².